The Labute approximate surface area is 109 Å². The van der Waals surface area contributed by atoms with Gasteiger partial charge in [-0.05, 0) is 7.05 Å². The van der Waals surface area contributed by atoms with Gasteiger partial charge in [-0.3, -0.25) is 14.5 Å². The minimum absolute atomic E-state index is 0.160. The number of carbonyl (C=O) groups is 2. The molecule has 1 saturated heterocycles. The monoisotopic (exact) mass is 256 g/mol. The molecule has 1 rings (SSSR count). The van der Waals surface area contributed by atoms with Crippen molar-refractivity contribution in [2.45, 2.75) is 13.3 Å². The highest BCUT2D eigenvalue weighted by Gasteiger charge is 2.18. The van der Waals surface area contributed by atoms with Crippen LogP contribution in [0.15, 0.2) is 0 Å². The first kappa shape index (κ1) is 14.9. The highest BCUT2D eigenvalue weighted by molar-refractivity contribution is 5.74. The Morgan fingerprint density at radius 2 is 1.78 bits per heavy atom. The van der Waals surface area contributed by atoms with Crippen LogP contribution < -0.4 is 5.73 Å². The smallest absolute Gasteiger partial charge is 0.219 e. The lowest BCUT2D eigenvalue weighted by Crippen LogP contribution is -2.49. The fourth-order valence-corrected chi connectivity index (χ4v) is 2.01. The van der Waals surface area contributed by atoms with Gasteiger partial charge in [-0.25, -0.2) is 0 Å². The highest BCUT2D eigenvalue weighted by Crippen LogP contribution is 2.02. The molecule has 1 fully saturated rings. The summed E-state index contributed by atoms with van der Waals surface area (Å²) < 4.78 is 0. The van der Waals surface area contributed by atoms with Gasteiger partial charge in [-0.15, -0.1) is 0 Å². The summed E-state index contributed by atoms with van der Waals surface area (Å²) in [5.74, 6) is -0.0925. The summed E-state index contributed by atoms with van der Waals surface area (Å²) in [5.41, 5.74) is 5.11. The lowest BCUT2D eigenvalue weighted by Gasteiger charge is -2.34. The molecule has 1 heterocycles. The first-order valence-corrected chi connectivity index (χ1v) is 6.43. The maximum absolute atomic E-state index is 11.2. The zero-order valence-corrected chi connectivity index (χ0v) is 11.4. The summed E-state index contributed by atoms with van der Waals surface area (Å²) >= 11 is 0. The van der Waals surface area contributed by atoms with Crippen molar-refractivity contribution in [3.63, 3.8) is 0 Å². The molecule has 0 unspecified atom stereocenters. The van der Waals surface area contributed by atoms with Crippen LogP contribution in [0.4, 0.5) is 0 Å². The molecule has 1 aliphatic rings. The number of rotatable bonds is 6. The van der Waals surface area contributed by atoms with Crippen molar-refractivity contribution in [2.75, 3.05) is 52.9 Å². The first-order valence-electron chi connectivity index (χ1n) is 6.43. The SMILES string of the molecule is CC(=O)N1CCN(CCN(C)CCC(N)=O)CC1. The van der Waals surface area contributed by atoms with Gasteiger partial charge < -0.3 is 15.5 Å². The third-order valence-corrected chi connectivity index (χ3v) is 3.36. The van der Waals surface area contributed by atoms with Gasteiger partial charge in [-0.2, -0.15) is 0 Å². The highest BCUT2D eigenvalue weighted by atomic mass is 16.2. The topological polar surface area (TPSA) is 69.9 Å². The Morgan fingerprint density at radius 3 is 2.28 bits per heavy atom. The molecule has 104 valence electrons. The van der Waals surface area contributed by atoms with Gasteiger partial charge in [0.05, 0.1) is 0 Å². The van der Waals surface area contributed by atoms with Crippen molar-refractivity contribution >= 4 is 11.8 Å². The van der Waals surface area contributed by atoms with E-state index in [2.05, 4.69) is 9.80 Å². The van der Waals surface area contributed by atoms with Crippen molar-refractivity contribution in [1.82, 2.24) is 14.7 Å². The van der Waals surface area contributed by atoms with E-state index in [1.54, 1.807) is 6.92 Å². The number of carbonyl (C=O) groups excluding carboxylic acids is 2. The van der Waals surface area contributed by atoms with Crippen LogP contribution in [0.5, 0.6) is 0 Å². The molecule has 0 spiro atoms. The Hall–Kier alpha value is -1.14. The number of amides is 2. The third kappa shape index (κ3) is 5.46. The molecule has 0 aromatic carbocycles. The largest absolute Gasteiger partial charge is 0.370 e. The molecule has 2 amide bonds. The molecular weight excluding hydrogens is 232 g/mol. The summed E-state index contributed by atoms with van der Waals surface area (Å²) in [6.07, 6.45) is 0.411. The number of hydrogen-bond donors (Lipinski definition) is 1. The van der Waals surface area contributed by atoms with Crippen LogP contribution in [0.2, 0.25) is 0 Å². The molecule has 0 bridgehead atoms. The Bertz CT molecular complexity index is 288. The zero-order valence-electron chi connectivity index (χ0n) is 11.4. The molecule has 0 aromatic heterocycles. The van der Waals surface area contributed by atoms with Crippen LogP contribution in [-0.2, 0) is 9.59 Å². The zero-order chi connectivity index (χ0) is 13.5. The lowest BCUT2D eigenvalue weighted by atomic mass is 10.3. The lowest BCUT2D eigenvalue weighted by molar-refractivity contribution is -0.130. The summed E-state index contributed by atoms with van der Waals surface area (Å²) in [5, 5.41) is 0. The number of piperazine rings is 1. The van der Waals surface area contributed by atoms with Crippen molar-refractivity contribution in [3.8, 4) is 0 Å². The average Bonchev–Trinajstić information content (AvgIpc) is 2.34. The van der Waals surface area contributed by atoms with Crippen molar-refractivity contribution in [2.24, 2.45) is 5.73 Å². The summed E-state index contributed by atoms with van der Waals surface area (Å²) in [4.78, 5) is 28.2. The molecule has 0 radical (unpaired) electrons. The summed E-state index contributed by atoms with van der Waals surface area (Å²) in [6.45, 7) is 7.73. The molecule has 0 aliphatic carbocycles. The Balaban J connectivity index is 2.13. The van der Waals surface area contributed by atoms with Gasteiger partial charge in [0.15, 0.2) is 0 Å². The van der Waals surface area contributed by atoms with Crippen LogP contribution in [-0.4, -0.2) is 79.4 Å². The first-order chi connectivity index (χ1) is 8.49. The number of primary amides is 1. The van der Waals surface area contributed by atoms with E-state index in [1.165, 1.54) is 0 Å². The molecule has 0 atom stereocenters. The van der Waals surface area contributed by atoms with Crippen LogP contribution in [0, 0.1) is 0 Å². The van der Waals surface area contributed by atoms with Gasteiger partial charge in [0.25, 0.3) is 0 Å². The molecule has 6 nitrogen and oxygen atoms in total. The maximum Gasteiger partial charge on any atom is 0.219 e. The second-order valence-corrected chi connectivity index (χ2v) is 4.87. The second kappa shape index (κ2) is 7.33. The van der Waals surface area contributed by atoms with E-state index in [1.807, 2.05) is 11.9 Å². The number of likely N-dealkylation sites (N-methyl/N-ethyl adjacent to an activating group) is 1. The van der Waals surface area contributed by atoms with E-state index in [-0.39, 0.29) is 11.8 Å². The maximum atomic E-state index is 11.2. The normalized spacial score (nSPS) is 17.2. The summed E-state index contributed by atoms with van der Waals surface area (Å²) in [7, 11) is 1.99. The molecular formula is C12H24N4O2. The van der Waals surface area contributed by atoms with E-state index >= 15 is 0 Å². The van der Waals surface area contributed by atoms with Gasteiger partial charge >= 0.3 is 0 Å². The molecule has 6 heteroatoms. The number of nitrogens with two attached hydrogens (primary N) is 1. The van der Waals surface area contributed by atoms with E-state index in [4.69, 9.17) is 5.73 Å². The van der Waals surface area contributed by atoms with Crippen molar-refractivity contribution in [1.29, 1.82) is 0 Å². The van der Waals surface area contributed by atoms with E-state index in [9.17, 15) is 9.59 Å². The molecule has 0 aromatic rings. The predicted octanol–water partition coefficient (Wildman–Crippen LogP) is -1.04. The minimum Gasteiger partial charge on any atom is -0.370 e. The molecule has 1 aliphatic heterocycles. The second-order valence-electron chi connectivity index (χ2n) is 4.87. The Kier molecular flexibility index (Phi) is 6.07. The van der Waals surface area contributed by atoms with E-state index < -0.39 is 0 Å². The molecule has 18 heavy (non-hydrogen) atoms. The molecule has 0 saturated carbocycles. The quantitative estimate of drug-likeness (QED) is 0.659. The van der Waals surface area contributed by atoms with Gasteiger partial charge in [-0.1, -0.05) is 0 Å². The summed E-state index contributed by atoms with van der Waals surface area (Å²) in [6, 6.07) is 0. The minimum atomic E-state index is -0.253. The van der Waals surface area contributed by atoms with E-state index in [0.29, 0.717) is 13.0 Å². The predicted molar refractivity (Wildman–Crippen MR) is 70.0 cm³/mol. The van der Waals surface area contributed by atoms with Crippen LogP contribution in [0.3, 0.4) is 0 Å². The standard InChI is InChI=1S/C12H24N4O2/c1-11(17)16-9-7-15(8-10-16)6-5-14(2)4-3-12(13)18/h3-10H2,1-2H3,(H2,13,18). The van der Waals surface area contributed by atoms with Crippen LogP contribution >= 0.6 is 0 Å². The number of hydrogen-bond acceptors (Lipinski definition) is 4. The third-order valence-electron chi connectivity index (χ3n) is 3.36. The fourth-order valence-electron chi connectivity index (χ4n) is 2.01. The van der Waals surface area contributed by atoms with E-state index in [0.717, 1.165) is 39.3 Å². The Morgan fingerprint density at radius 1 is 1.17 bits per heavy atom. The molecule has 2 N–H and O–H groups in total. The van der Waals surface area contributed by atoms with Crippen LogP contribution in [0.25, 0.3) is 0 Å². The number of nitrogens with zero attached hydrogens (tertiary/aromatic N) is 3. The van der Waals surface area contributed by atoms with Crippen LogP contribution in [0.1, 0.15) is 13.3 Å². The van der Waals surface area contributed by atoms with Gasteiger partial charge in [0, 0.05) is 59.2 Å². The average molecular weight is 256 g/mol. The van der Waals surface area contributed by atoms with Crippen molar-refractivity contribution in [3.05, 3.63) is 0 Å². The van der Waals surface area contributed by atoms with Gasteiger partial charge in [0.2, 0.25) is 11.8 Å². The van der Waals surface area contributed by atoms with Crippen molar-refractivity contribution < 1.29 is 9.59 Å². The fraction of sp³-hybridized carbons (Fsp3) is 0.833. The van der Waals surface area contributed by atoms with Gasteiger partial charge in [0.1, 0.15) is 0 Å².